The number of urea groups is 1. The molecule has 2 aromatic carbocycles. The lowest BCUT2D eigenvalue weighted by molar-refractivity contribution is 0.0954. The molecule has 172 valence electrons. The highest BCUT2D eigenvalue weighted by Crippen LogP contribution is 2.16. The fourth-order valence-electron chi connectivity index (χ4n) is 3.40. The Balaban J connectivity index is 1.49. The van der Waals surface area contributed by atoms with Gasteiger partial charge in [-0.05, 0) is 67.6 Å². The summed E-state index contributed by atoms with van der Waals surface area (Å²) in [6, 6.07) is 10.5. The molecule has 0 bridgehead atoms. The lowest BCUT2D eigenvalue weighted by atomic mass is 10.1. The molecular weight excluding hydrogens is 452 g/mol. The Morgan fingerprint density at radius 3 is 2.38 bits per heavy atom. The van der Waals surface area contributed by atoms with E-state index < -0.39 is 16.1 Å². The predicted octanol–water partition coefficient (Wildman–Crippen LogP) is 3.01. The van der Waals surface area contributed by atoms with Gasteiger partial charge in [0.05, 0.1) is 4.90 Å². The first-order chi connectivity index (χ1) is 15.2. The van der Waals surface area contributed by atoms with Crippen LogP contribution in [-0.4, -0.2) is 45.0 Å². The number of hydrogen-bond donors (Lipinski definition) is 3. The summed E-state index contributed by atoms with van der Waals surface area (Å²) in [7, 11) is -3.97. The van der Waals surface area contributed by atoms with Crippen molar-refractivity contribution in [3.63, 3.8) is 0 Å². The summed E-state index contributed by atoms with van der Waals surface area (Å²) in [5.74, 6) is -0.201. The monoisotopic (exact) mass is 478 g/mol. The molecule has 1 heterocycles. The Bertz CT molecular complexity index is 1070. The van der Waals surface area contributed by atoms with E-state index >= 15 is 0 Å². The molecular formula is C22H27ClN4O4S. The van der Waals surface area contributed by atoms with Crippen LogP contribution in [0.15, 0.2) is 47.4 Å². The third-order valence-corrected chi connectivity index (χ3v) is 6.97. The molecule has 8 nitrogen and oxygen atoms in total. The molecule has 0 aromatic heterocycles. The fourth-order valence-corrected chi connectivity index (χ4v) is 4.42. The standard InChI is InChI=1S/C22H27ClN4O4S/c1-16-15-18(7-10-20(16)23)21(28)24-12-11-17-5-8-19(9-6-17)32(30,31)26-22(29)25-27-13-3-2-4-14-27/h5-10,15H,2-4,11-14H2,1H3,(H,24,28)(H2,25,26,29). The molecule has 1 fully saturated rings. The van der Waals surface area contributed by atoms with Gasteiger partial charge in [0.2, 0.25) is 0 Å². The topological polar surface area (TPSA) is 108 Å². The van der Waals surface area contributed by atoms with Crippen LogP contribution in [0.3, 0.4) is 0 Å². The number of nitrogens with zero attached hydrogens (tertiary/aromatic N) is 1. The van der Waals surface area contributed by atoms with E-state index in [1.54, 1.807) is 35.3 Å². The second kappa shape index (κ2) is 10.8. The number of carbonyl (C=O) groups excluding carboxylic acids is 2. The van der Waals surface area contributed by atoms with E-state index in [1.165, 1.54) is 12.1 Å². The summed E-state index contributed by atoms with van der Waals surface area (Å²) in [6.07, 6.45) is 3.57. The number of halogens is 1. The van der Waals surface area contributed by atoms with Crippen molar-refractivity contribution in [2.24, 2.45) is 0 Å². The first-order valence-corrected chi connectivity index (χ1v) is 12.3. The largest absolute Gasteiger partial charge is 0.352 e. The minimum absolute atomic E-state index is 0.00396. The minimum atomic E-state index is -3.97. The molecule has 0 spiro atoms. The van der Waals surface area contributed by atoms with Crippen molar-refractivity contribution in [2.75, 3.05) is 19.6 Å². The molecule has 3 amide bonds. The van der Waals surface area contributed by atoms with Gasteiger partial charge in [0.15, 0.2) is 0 Å². The zero-order valence-electron chi connectivity index (χ0n) is 17.9. The number of carbonyl (C=O) groups is 2. The second-order valence-corrected chi connectivity index (χ2v) is 9.80. The van der Waals surface area contributed by atoms with Crippen molar-refractivity contribution in [1.82, 2.24) is 20.5 Å². The Kier molecular flexibility index (Phi) is 8.11. The number of amides is 3. The van der Waals surface area contributed by atoms with Gasteiger partial charge in [-0.1, -0.05) is 30.2 Å². The van der Waals surface area contributed by atoms with Gasteiger partial charge in [0, 0.05) is 30.2 Å². The molecule has 3 N–H and O–H groups in total. The van der Waals surface area contributed by atoms with Crippen LogP contribution in [-0.2, 0) is 16.4 Å². The van der Waals surface area contributed by atoms with Crippen molar-refractivity contribution in [3.8, 4) is 0 Å². The second-order valence-electron chi connectivity index (χ2n) is 7.71. The maximum absolute atomic E-state index is 12.5. The summed E-state index contributed by atoms with van der Waals surface area (Å²) in [5, 5.41) is 5.16. The summed E-state index contributed by atoms with van der Waals surface area (Å²) in [5.41, 5.74) is 4.78. The zero-order valence-corrected chi connectivity index (χ0v) is 19.4. The molecule has 0 saturated carbocycles. The Hall–Kier alpha value is -2.62. The average molecular weight is 479 g/mol. The number of aryl methyl sites for hydroxylation is 1. The van der Waals surface area contributed by atoms with Gasteiger partial charge in [0.1, 0.15) is 0 Å². The molecule has 1 saturated heterocycles. The third-order valence-electron chi connectivity index (χ3n) is 5.20. The van der Waals surface area contributed by atoms with Crippen molar-refractivity contribution in [1.29, 1.82) is 0 Å². The molecule has 3 rings (SSSR count). The lowest BCUT2D eigenvalue weighted by Crippen LogP contribution is -2.50. The zero-order chi connectivity index (χ0) is 23.1. The number of nitrogens with one attached hydrogen (secondary N) is 3. The number of rotatable bonds is 7. The Morgan fingerprint density at radius 2 is 1.72 bits per heavy atom. The van der Waals surface area contributed by atoms with Crippen molar-refractivity contribution < 1.29 is 18.0 Å². The van der Waals surface area contributed by atoms with Gasteiger partial charge in [-0.2, -0.15) is 0 Å². The van der Waals surface area contributed by atoms with Crippen LogP contribution in [0, 0.1) is 6.92 Å². The first kappa shape index (κ1) is 24.0. The van der Waals surface area contributed by atoms with Gasteiger partial charge in [-0.3, -0.25) is 10.2 Å². The predicted molar refractivity (Wildman–Crippen MR) is 123 cm³/mol. The highest BCUT2D eigenvalue weighted by molar-refractivity contribution is 7.90. The van der Waals surface area contributed by atoms with Gasteiger partial charge < -0.3 is 5.32 Å². The molecule has 0 atom stereocenters. The highest BCUT2D eigenvalue weighted by Gasteiger charge is 2.20. The van der Waals surface area contributed by atoms with Gasteiger partial charge in [-0.15, -0.1) is 0 Å². The fraction of sp³-hybridized carbons (Fsp3) is 0.364. The van der Waals surface area contributed by atoms with E-state index in [0.29, 0.717) is 36.6 Å². The molecule has 10 heteroatoms. The molecule has 1 aliphatic heterocycles. The number of sulfonamides is 1. The number of hydrogen-bond acceptors (Lipinski definition) is 5. The third kappa shape index (κ3) is 6.69. The van der Waals surface area contributed by atoms with E-state index in [4.69, 9.17) is 11.6 Å². The van der Waals surface area contributed by atoms with E-state index in [1.807, 2.05) is 11.6 Å². The first-order valence-electron chi connectivity index (χ1n) is 10.5. The molecule has 1 aliphatic rings. The maximum atomic E-state index is 12.5. The Morgan fingerprint density at radius 1 is 1.03 bits per heavy atom. The van der Waals surface area contributed by atoms with E-state index in [0.717, 1.165) is 30.4 Å². The average Bonchev–Trinajstić information content (AvgIpc) is 2.76. The molecule has 0 unspecified atom stereocenters. The van der Waals surface area contributed by atoms with E-state index in [-0.39, 0.29) is 10.8 Å². The molecule has 32 heavy (non-hydrogen) atoms. The van der Waals surface area contributed by atoms with Gasteiger partial charge >= 0.3 is 6.03 Å². The summed E-state index contributed by atoms with van der Waals surface area (Å²) in [6.45, 7) is 3.64. The van der Waals surface area contributed by atoms with Crippen molar-refractivity contribution >= 4 is 33.6 Å². The van der Waals surface area contributed by atoms with E-state index in [9.17, 15) is 18.0 Å². The summed E-state index contributed by atoms with van der Waals surface area (Å²) in [4.78, 5) is 24.3. The molecule has 2 aromatic rings. The van der Waals surface area contributed by atoms with Gasteiger partial charge in [0.25, 0.3) is 15.9 Å². The van der Waals surface area contributed by atoms with Gasteiger partial charge in [-0.25, -0.2) is 22.9 Å². The van der Waals surface area contributed by atoms with Crippen LogP contribution in [0.1, 0.15) is 40.7 Å². The number of piperidine rings is 1. The smallest absolute Gasteiger partial charge is 0.343 e. The quantitative estimate of drug-likeness (QED) is 0.567. The van der Waals surface area contributed by atoms with Crippen LogP contribution in [0.25, 0.3) is 0 Å². The minimum Gasteiger partial charge on any atom is -0.352 e. The van der Waals surface area contributed by atoms with E-state index in [2.05, 4.69) is 10.7 Å². The summed E-state index contributed by atoms with van der Waals surface area (Å²) >= 11 is 5.98. The number of benzene rings is 2. The highest BCUT2D eigenvalue weighted by atomic mass is 35.5. The number of hydrazine groups is 1. The van der Waals surface area contributed by atoms with Crippen LogP contribution in [0.5, 0.6) is 0 Å². The Labute approximate surface area is 193 Å². The normalized spacial score (nSPS) is 14.6. The molecule has 0 aliphatic carbocycles. The van der Waals surface area contributed by atoms with Crippen molar-refractivity contribution in [3.05, 3.63) is 64.2 Å². The van der Waals surface area contributed by atoms with Crippen molar-refractivity contribution in [2.45, 2.75) is 37.5 Å². The lowest BCUT2D eigenvalue weighted by Gasteiger charge is -2.26. The SMILES string of the molecule is Cc1cc(C(=O)NCCc2ccc(S(=O)(=O)NC(=O)NN3CCCCC3)cc2)ccc1Cl. The summed E-state index contributed by atoms with van der Waals surface area (Å²) < 4.78 is 26.9. The van der Waals surface area contributed by atoms with Crippen LogP contribution >= 0.6 is 11.6 Å². The molecule has 0 radical (unpaired) electrons. The van der Waals surface area contributed by atoms with Crippen LogP contribution in [0.2, 0.25) is 5.02 Å². The van der Waals surface area contributed by atoms with Crippen LogP contribution in [0.4, 0.5) is 4.79 Å². The maximum Gasteiger partial charge on any atom is 0.343 e. The van der Waals surface area contributed by atoms with Crippen LogP contribution < -0.4 is 15.5 Å².